The zero-order valence-electron chi connectivity index (χ0n) is 10.6. The van der Waals surface area contributed by atoms with E-state index in [0.717, 1.165) is 17.9 Å². The Morgan fingerprint density at radius 3 is 2.95 bits per heavy atom. The number of carbonyl (C=O) groups excluding carboxylic acids is 1. The summed E-state index contributed by atoms with van der Waals surface area (Å²) in [5.41, 5.74) is 6.58. The standard InChI is InChI=1S/C15H16N2OS/c18-15-10-13-6-8-19-9-7-14(13)17(16-15)11-12-4-2-1-3-5-12/h1-5,7,9H,6,8,10-11H2,(H,16,18). The lowest BCUT2D eigenvalue weighted by atomic mass is 10.0. The number of allylic oxidation sites excluding steroid dienone is 1. The molecule has 0 bridgehead atoms. The normalized spacial score (nSPS) is 18.9. The molecule has 4 heteroatoms. The van der Waals surface area contributed by atoms with Gasteiger partial charge in [0.15, 0.2) is 0 Å². The molecule has 0 saturated heterocycles. The smallest absolute Gasteiger partial charge is 0.242 e. The Labute approximate surface area is 117 Å². The van der Waals surface area contributed by atoms with Gasteiger partial charge in [0.1, 0.15) is 0 Å². The van der Waals surface area contributed by atoms with Crippen molar-refractivity contribution in [2.75, 3.05) is 5.75 Å². The van der Waals surface area contributed by atoms with E-state index >= 15 is 0 Å². The van der Waals surface area contributed by atoms with E-state index < -0.39 is 0 Å². The first-order valence-electron chi connectivity index (χ1n) is 6.44. The highest BCUT2D eigenvalue weighted by Crippen LogP contribution is 2.28. The van der Waals surface area contributed by atoms with Crippen LogP contribution in [0, 0.1) is 0 Å². The van der Waals surface area contributed by atoms with Crippen LogP contribution in [0.2, 0.25) is 0 Å². The number of nitrogens with one attached hydrogen (secondary N) is 1. The monoisotopic (exact) mass is 272 g/mol. The Balaban J connectivity index is 1.88. The molecule has 0 spiro atoms. The zero-order valence-corrected chi connectivity index (χ0v) is 11.5. The summed E-state index contributed by atoms with van der Waals surface area (Å²) in [5, 5.41) is 4.09. The van der Waals surface area contributed by atoms with Crippen LogP contribution < -0.4 is 5.43 Å². The lowest BCUT2D eigenvalue weighted by molar-refractivity contribution is -0.125. The maximum atomic E-state index is 11.8. The van der Waals surface area contributed by atoms with Crippen molar-refractivity contribution >= 4 is 17.7 Å². The summed E-state index contributed by atoms with van der Waals surface area (Å²) in [6.07, 6.45) is 3.65. The molecule has 98 valence electrons. The molecule has 2 aliphatic heterocycles. The second-order valence-electron chi connectivity index (χ2n) is 4.70. The Hall–Kier alpha value is -1.68. The Morgan fingerprint density at radius 1 is 1.26 bits per heavy atom. The number of nitrogens with zero attached hydrogens (tertiary/aromatic N) is 1. The summed E-state index contributed by atoms with van der Waals surface area (Å²) in [5.74, 6) is 1.15. The van der Waals surface area contributed by atoms with Gasteiger partial charge in [0.25, 0.3) is 0 Å². The number of hydrogen-bond donors (Lipinski definition) is 1. The molecule has 1 aromatic carbocycles. The van der Waals surface area contributed by atoms with Crippen molar-refractivity contribution in [3.63, 3.8) is 0 Å². The lowest BCUT2D eigenvalue weighted by Gasteiger charge is -2.32. The highest BCUT2D eigenvalue weighted by atomic mass is 32.2. The second-order valence-corrected chi connectivity index (χ2v) is 5.71. The van der Waals surface area contributed by atoms with E-state index in [1.54, 1.807) is 11.8 Å². The summed E-state index contributed by atoms with van der Waals surface area (Å²) in [7, 11) is 0. The van der Waals surface area contributed by atoms with Gasteiger partial charge in [-0.25, -0.2) is 0 Å². The molecule has 0 fully saturated rings. The molecule has 0 radical (unpaired) electrons. The molecule has 0 saturated carbocycles. The molecule has 19 heavy (non-hydrogen) atoms. The minimum atomic E-state index is 0.0926. The van der Waals surface area contributed by atoms with Gasteiger partial charge < -0.3 is 0 Å². The van der Waals surface area contributed by atoms with Crippen molar-refractivity contribution in [3.05, 3.63) is 58.6 Å². The van der Waals surface area contributed by atoms with Crippen molar-refractivity contribution in [3.8, 4) is 0 Å². The number of amides is 1. The van der Waals surface area contributed by atoms with E-state index in [-0.39, 0.29) is 5.91 Å². The van der Waals surface area contributed by atoms with Gasteiger partial charge in [0, 0.05) is 5.75 Å². The summed E-state index contributed by atoms with van der Waals surface area (Å²) in [4.78, 5) is 11.8. The van der Waals surface area contributed by atoms with Crippen molar-refractivity contribution in [1.82, 2.24) is 10.4 Å². The summed E-state index contributed by atoms with van der Waals surface area (Å²) in [6, 6.07) is 10.2. The molecule has 0 atom stereocenters. The fraction of sp³-hybridized carbons (Fsp3) is 0.267. The first kappa shape index (κ1) is 12.4. The van der Waals surface area contributed by atoms with Gasteiger partial charge in [-0.15, -0.1) is 11.8 Å². The fourth-order valence-corrected chi connectivity index (χ4v) is 3.13. The molecule has 3 rings (SSSR count). The minimum absolute atomic E-state index is 0.0926. The van der Waals surface area contributed by atoms with Crippen LogP contribution in [-0.2, 0) is 11.3 Å². The van der Waals surface area contributed by atoms with Gasteiger partial charge in [-0.1, -0.05) is 30.3 Å². The fourth-order valence-electron chi connectivity index (χ4n) is 2.40. The first-order valence-corrected chi connectivity index (χ1v) is 7.49. The number of hydrazine groups is 1. The summed E-state index contributed by atoms with van der Waals surface area (Å²) < 4.78 is 0. The van der Waals surface area contributed by atoms with E-state index in [1.807, 2.05) is 23.2 Å². The zero-order chi connectivity index (χ0) is 13.1. The molecule has 2 heterocycles. The van der Waals surface area contributed by atoms with E-state index in [9.17, 15) is 4.79 Å². The van der Waals surface area contributed by atoms with Crippen molar-refractivity contribution in [2.24, 2.45) is 0 Å². The summed E-state index contributed by atoms with van der Waals surface area (Å²) >= 11 is 1.80. The van der Waals surface area contributed by atoms with Crippen LogP contribution in [0.15, 0.2) is 53.1 Å². The molecule has 1 N–H and O–H groups in total. The Kier molecular flexibility index (Phi) is 3.60. The molecule has 3 nitrogen and oxygen atoms in total. The van der Waals surface area contributed by atoms with Crippen LogP contribution in [0.5, 0.6) is 0 Å². The molecule has 0 aliphatic carbocycles. The number of rotatable bonds is 2. The average molecular weight is 272 g/mol. The molecular weight excluding hydrogens is 256 g/mol. The largest absolute Gasteiger partial charge is 0.281 e. The molecular formula is C15H16N2OS. The first-order chi connectivity index (χ1) is 9.33. The van der Waals surface area contributed by atoms with E-state index in [4.69, 9.17) is 0 Å². The highest BCUT2D eigenvalue weighted by Gasteiger charge is 2.23. The maximum Gasteiger partial charge on any atom is 0.242 e. The molecule has 2 aliphatic rings. The third-order valence-corrected chi connectivity index (χ3v) is 4.08. The van der Waals surface area contributed by atoms with Crippen LogP contribution in [0.3, 0.4) is 0 Å². The topological polar surface area (TPSA) is 32.3 Å². The SMILES string of the molecule is O=C1CC2=C(C=CSCC2)N(Cc2ccccc2)N1. The molecule has 0 unspecified atom stereocenters. The number of carbonyl (C=O) groups is 1. The van der Waals surface area contributed by atoms with Crippen LogP contribution >= 0.6 is 11.8 Å². The van der Waals surface area contributed by atoms with Gasteiger partial charge in [-0.3, -0.25) is 15.2 Å². The Bertz CT molecular complexity index is 536. The summed E-state index contributed by atoms with van der Waals surface area (Å²) in [6.45, 7) is 0.709. The quantitative estimate of drug-likeness (QED) is 0.898. The van der Waals surface area contributed by atoms with Crippen molar-refractivity contribution in [1.29, 1.82) is 0 Å². The van der Waals surface area contributed by atoms with Gasteiger partial charge in [0.05, 0.1) is 18.7 Å². The van der Waals surface area contributed by atoms with E-state index in [2.05, 4.69) is 29.0 Å². The van der Waals surface area contributed by atoms with E-state index in [1.165, 1.54) is 11.1 Å². The highest BCUT2D eigenvalue weighted by molar-refractivity contribution is 8.02. The van der Waals surface area contributed by atoms with Crippen LogP contribution in [-0.4, -0.2) is 16.7 Å². The number of thioether (sulfide) groups is 1. The van der Waals surface area contributed by atoms with Gasteiger partial charge in [-0.05, 0) is 29.0 Å². The van der Waals surface area contributed by atoms with E-state index in [0.29, 0.717) is 13.0 Å². The second kappa shape index (κ2) is 5.53. The number of hydrogen-bond acceptors (Lipinski definition) is 3. The van der Waals surface area contributed by atoms with Gasteiger partial charge >= 0.3 is 0 Å². The average Bonchev–Trinajstić information content (AvgIpc) is 2.65. The third-order valence-electron chi connectivity index (χ3n) is 3.31. The van der Waals surface area contributed by atoms with Crippen molar-refractivity contribution < 1.29 is 4.79 Å². The third kappa shape index (κ3) is 2.84. The lowest BCUT2D eigenvalue weighted by Crippen LogP contribution is -2.44. The van der Waals surface area contributed by atoms with Crippen LogP contribution in [0.25, 0.3) is 0 Å². The number of benzene rings is 1. The predicted octanol–water partition coefficient (Wildman–Crippen LogP) is 2.83. The molecule has 1 aromatic rings. The van der Waals surface area contributed by atoms with Crippen LogP contribution in [0.4, 0.5) is 0 Å². The minimum Gasteiger partial charge on any atom is -0.281 e. The predicted molar refractivity (Wildman–Crippen MR) is 78.0 cm³/mol. The van der Waals surface area contributed by atoms with Crippen LogP contribution in [0.1, 0.15) is 18.4 Å². The van der Waals surface area contributed by atoms with Gasteiger partial charge in [0.2, 0.25) is 5.91 Å². The maximum absolute atomic E-state index is 11.8. The molecule has 0 aromatic heterocycles. The molecule has 1 amide bonds. The van der Waals surface area contributed by atoms with Gasteiger partial charge in [-0.2, -0.15) is 0 Å². The van der Waals surface area contributed by atoms with Crippen molar-refractivity contribution in [2.45, 2.75) is 19.4 Å². The Morgan fingerprint density at radius 2 is 2.11 bits per heavy atom.